The summed E-state index contributed by atoms with van der Waals surface area (Å²) in [4.78, 5) is 14.0. The maximum absolute atomic E-state index is 4.66. The van der Waals surface area contributed by atoms with Gasteiger partial charge in [-0.2, -0.15) is 15.3 Å². The van der Waals surface area contributed by atoms with E-state index in [1.165, 1.54) is 0 Å². The first kappa shape index (κ1) is 25.3. The molecular weight excluding hydrogens is 450 g/mol. The van der Waals surface area contributed by atoms with Gasteiger partial charge in [0.1, 0.15) is 17.1 Å². The third-order valence-corrected chi connectivity index (χ3v) is 5.62. The molecule has 4 rings (SSSR count). The zero-order valence-corrected chi connectivity index (χ0v) is 22.5. The molecule has 4 heterocycles. The Morgan fingerprint density at radius 2 is 0.611 bits per heavy atom. The minimum absolute atomic E-state index is 0.115. The Labute approximate surface area is 212 Å². The molecule has 0 saturated carbocycles. The Balaban J connectivity index is 1.82. The number of aromatic nitrogens is 9. The van der Waals surface area contributed by atoms with Gasteiger partial charge in [-0.15, -0.1) is 15.3 Å². The molecule has 0 radical (unpaired) electrons. The van der Waals surface area contributed by atoms with E-state index in [9.17, 15) is 0 Å². The van der Waals surface area contributed by atoms with Crippen LogP contribution in [0, 0.1) is 0 Å². The molecule has 0 aliphatic carbocycles. The van der Waals surface area contributed by atoms with E-state index in [-0.39, 0.29) is 16.2 Å². The SMILES string of the molecule is CC(C)(C)c1ccc(-c2nc(-c3ccc(C(C)(C)C)nn3)nc(-c3ccc(C(C)(C)C)nn3)n2)nn1. The van der Waals surface area contributed by atoms with Gasteiger partial charge in [0.25, 0.3) is 0 Å². The highest BCUT2D eigenvalue weighted by Crippen LogP contribution is 2.26. The van der Waals surface area contributed by atoms with E-state index in [1.54, 1.807) is 0 Å². The fraction of sp³-hybridized carbons (Fsp3) is 0.444. The molecule has 0 aromatic carbocycles. The van der Waals surface area contributed by atoms with Crippen LogP contribution in [0.25, 0.3) is 34.6 Å². The summed E-state index contributed by atoms with van der Waals surface area (Å²) in [6, 6.07) is 11.5. The van der Waals surface area contributed by atoms with Gasteiger partial charge in [0, 0.05) is 16.2 Å². The van der Waals surface area contributed by atoms with Gasteiger partial charge in [-0.1, -0.05) is 62.3 Å². The Bertz CT molecular complexity index is 1160. The van der Waals surface area contributed by atoms with Gasteiger partial charge in [-0.3, -0.25) is 0 Å². The first-order chi connectivity index (χ1) is 16.7. The van der Waals surface area contributed by atoms with E-state index < -0.39 is 0 Å². The maximum atomic E-state index is 4.66. The van der Waals surface area contributed by atoms with Crippen LogP contribution in [0.4, 0.5) is 0 Å². The average Bonchev–Trinajstić information content (AvgIpc) is 2.82. The number of hydrogen-bond acceptors (Lipinski definition) is 9. The number of hydrogen-bond donors (Lipinski definition) is 0. The van der Waals surface area contributed by atoms with Gasteiger partial charge in [0.15, 0.2) is 17.5 Å². The quantitative estimate of drug-likeness (QED) is 0.390. The fourth-order valence-corrected chi connectivity index (χ4v) is 3.27. The highest BCUT2D eigenvalue weighted by Gasteiger charge is 2.21. The molecular formula is C27H33N9. The molecule has 186 valence electrons. The monoisotopic (exact) mass is 483 g/mol. The Kier molecular flexibility index (Phi) is 6.36. The molecule has 0 unspecified atom stereocenters. The second-order valence-electron chi connectivity index (χ2n) is 12.0. The van der Waals surface area contributed by atoms with Crippen LogP contribution < -0.4 is 0 Å². The summed E-state index contributed by atoms with van der Waals surface area (Å²) in [5, 5.41) is 26.4. The lowest BCUT2D eigenvalue weighted by atomic mass is 9.92. The van der Waals surface area contributed by atoms with Gasteiger partial charge < -0.3 is 0 Å². The van der Waals surface area contributed by atoms with Crippen molar-refractivity contribution in [2.45, 2.75) is 78.6 Å². The van der Waals surface area contributed by atoms with E-state index in [4.69, 9.17) is 0 Å². The number of nitrogens with zero attached hydrogens (tertiary/aromatic N) is 9. The van der Waals surface area contributed by atoms with E-state index in [0.29, 0.717) is 34.6 Å². The molecule has 4 aromatic heterocycles. The minimum atomic E-state index is -0.115. The second kappa shape index (κ2) is 9.04. The third kappa shape index (κ3) is 5.56. The van der Waals surface area contributed by atoms with Crippen molar-refractivity contribution in [1.82, 2.24) is 45.5 Å². The van der Waals surface area contributed by atoms with Gasteiger partial charge in [-0.25, -0.2) is 15.0 Å². The first-order valence-corrected chi connectivity index (χ1v) is 12.0. The molecule has 0 saturated heterocycles. The summed E-state index contributed by atoms with van der Waals surface area (Å²) >= 11 is 0. The zero-order valence-electron chi connectivity index (χ0n) is 22.5. The van der Waals surface area contributed by atoms with Crippen molar-refractivity contribution in [2.75, 3.05) is 0 Å². The number of rotatable bonds is 3. The van der Waals surface area contributed by atoms with Crippen LogP contribution in [-0.2, 0) is 16.2 Å². The molecule has 0 aliphatic rings. The zero-order chi connectivity index (χ0) is 26.3. The molecule has 0 amide bonds. The Hall–Kier alpha value is -3.75. The van der Waals surface area contributed by atoms with Crippen molar-refractivity contribution in [2.24, 2.45) is 0 Å². The Morgan fingerprint density at radius 3 is 0.778 bits per heavy atom. The van der Waals surface area contributed by atoms with Gasteiger partial charge >= 0.3 is 0 Å². The average molecular weight is 484 g/mol. The summed E-state index contributed by atoms with van der Waals surface area (Å²) in [6.45, 7) is 18.8. The van der Waals surface area contributed by atoms with E-state index in [1.807, 2.05) is 36.4 Å². The molecule has 0 fully saturated rings. The van der Waals surface area contributed by atoms with Crippen molar-refractivity contribution in [3.05, 3.63) is 53.5 Å². The normalized spacial score (nSPS) is 12.6. The second-order valence-corrected chi connectivity index (χ2v) is 12.0. The highest BCUT2D eigenvalue weighted by molar-refractivity contribution is 5.61. The van der Waals surface area contributed by atoms with E-state index in [0.717, 1.165) is 17.1 Å². The fourth-order valence-electron chi connectivity index (χ4n) is 3.27. The van der Waals surface area contributed by atoms with Crippen LogP contribution in [0.15, 0.2) is 36.4 Å². The van der Waals surface area contributed by atoms with Crippen LogP contribution >= 0.6 is 0 Å². The summed E-state index contributed by atoms with van der Waals surface area (Å²) in [5.74, 6) is 1.14. The Morgan fingerprint density at radius 1 is 0.361 bits per heavy atom. The lowest BCUT2D eigenvalue weighted by Crippen LogP contribution is -2.15. The van der Waals surface area contributed by atoms with Crippen molar-refractivity contribution in [3.8, 4) is 34.6 Å². The molecule has 0 spiro atoms. The molecule has 0 bridgehead atoms. The lowest BCUT2D eigenvalue weighted by Gasteiger charge is -2.17. The van der Waals surface area contributed by atoms with Crippen molar-refractivity contribution >= 4 is 0 Å². The predicted octanol–water partition coefficient (Wildman–Crippen LogP) is 5.14. The van der Waals surface area contributed by atoms with Crippen LogP contribution in [0.3, 0.4) is 0 Å². The molecule has 36 heavy (non-hydrogen) atoms. The topological polar surface area (TPSA) is 116 Å². The minimum Gasteiger partial charge on any atom is -0.205 e. The van der Waals surface area contributed by atoms with Crippen LogP contribution in [0.2, 0.25) is 0 Å². The van der Waals surface area contributed by atoms with Gasteiger partial charge in [0.05, 0.1) is 17.1 Å². The third-order valence-electron chi connectivity index (χ3n) is 5.62. The summed E-state index contributed by atoms with van der Waals surface area (Å²) in [5.41, 5.74) is 3.90. The van der Waals surface area contributed by atoms with E-state index in [2.05, 4.69) is 108 Å². The molecule has 0 aliphatic heterocycles. The maximum Gasteiger partial charge on any atom is 0.184 e. The van der Waals surface area contributed by atoms with Crippen molar-refractivity contribution in [1.29, 1.82) is 0 Å². The molecule has 0 atom stereocenters. The van der Waals surface area contributed by atoms with Crippen molar-refractivity contribution in [3.63, 3.8) is 0 Å². The first-order valence-electron chi connectivity index (χ1n) is 12.0. The van der Waals surface area contributed by atoms with Gasteiger partial charge in [-0.05, 0) is 36.4 Å². The van der Waals surface area contributed by atoms with Crippen LogP contribution in [0.5, 0.6) is 0 Å². The molecule has 4 aromatic rings. The van der Waals surface area contributed by atoms with Crippen molar-refractivity contribution < 1.29 is 0 Å². The van der Waals surface area contributed by atoms with Gasteiger partial charge in [0.2, 0.25) is 0 Å². The van der Waals surface area contributed by atoms with E-state index >= 15 is 0 Å². The standard InChI is InChI=1S/C27H33N9/c1-25(2,3)19-13-10-16(31-34-19)22-28-23(17-11-14-20(35-32-17)26(4,5)6)30-24(29-22)18-12-15-21(36-33-18)27(7,8)9/h10-15H,1-9H3. The molecule has 9 nitrogen and oxygen atoms in total. The van der Waals surface area contributed by atoms with Crippen LogP contribution in [0.1, 0.15) is 79.4 Å². The summed E-state index contributed by atoms with van der Waals surface area (Å²) in [6.07, 6.45) is 0. The molecule has 9 heteroatoms. The smallest absolute Gasteiger partial charge is 0.184 e. The summed E-state index contributed by atoms with van der Waals surface area (Å²) in [7, 11) is 0. The predicted molar refractivity (Wildman–Crippen MR) is 139 cm³/mol. The summed E-state index contributed by atoms with van der Waals surface area (Å²) < 4.78 is 0. The van der Waals surface area contributed by atoms with Crippen LogP contribution in [-0.4, -0.2) is 45.5 Å². The largest absolute Gasteiger partial charge is 0.205 e. The molecule has 0 N–H and O–H groups in total. The lowest BCUT2D eigenvalue weighted by molar-refractivity contribution is 0.559. The highest BCUT2D eigenvalue weighted by atomic mass is 15.2.